The second-order valence-corrected chi connectivity index (χ2v) is 6.45. The molecule has 0 fully saturated rings. The number of benzene rings is 1. The molecule has 19 heavy (non-hydrogen) atoms. The number of aromatic amines is 1. The van der Waals surface area contributed by atoms with Crippen LogP contribution in [0.4, 0.5) is 0 Å². The molecule has 0 saturated heterocycles. The highest BCUT2D eigenvalue weighted by molar-refractivity contribution is 7.89. The minimum absolute atomic E-state index is 0.266. The van der Waals surface area contributed by atoms with Gasteiger partial charge in [-0.2, -0.15) is 0 Å². The van der Waals surface area contributed by atoms with Crippen molar-refractivity contribution in [3.8, 4) is 0 Å². The summed E-state index contributed by atoms with van der Waals surface area (Å²) in [5, 5.41) is 0. The van der Waals surface area contributed by atoms with Gasteiger partial charge in [0.05, 0.1) is 11.4 Å². The fourth-order valence-electron chi connectivity index (χ4n) is 2.31. The van der Waals surface area contributed by atoms with E-state index in [0.717, 1.165) is 22.4 Å². The van der Waals surface area contributed by atoms with Crippen LogP contribution in [-0.2, 0) is 16.6 Å². The van der Waals surface area contributed by atoms with Crippen LogP contribution < -0.4 is 4.72 Å². The van der Waals surface area contributed by atoms with Gasteiger partial charge in [0.2, 0.25) is 10.0 Å². The van der Waals surface area contributed by atoms with E-state index < -0.39 is 10.0 Å². The predicted molar refractivity (Wildman–Crippen MR) is 75.5 cm³/mol. The third-order valence-electron chi connectivity index (χ3n) is 2.99. The van der Waals surface area contributed by atoms with E-state index in [2.05, 4.69) is 9.71 Å². The molecule has 2 aromatic rings. The van der Waals surface area contributed by atoms with Gasteiger partial charge in [0.1, 0.15) is 0 Å². The molecule has 1 aromatic heterocycles. The standard InChI is InChI=1S/C14H18N2O2S/c1-10-7-11(2)14(12(3)8-10)19(17,18)16-9-13-5-4-6-15-13/h4-8,15-16H,9H2,1-3H3. The van der Waals surface area contributed by atoms with Gasteiger partial charge >= 0.3 is 0 Å². The number of hydrogen-bond acceptors (Lipinski definition) is 2. The molecule has 0 unspecified atom stereocenters. The zero-order chi connectivity index (χ0) is 14.0. The average molecular weight is 278 g/mol. The first kappa shape index (κ1) is 13.8. The van der Waals surface area contributed by atoms with E-state index in [1.165, 1.54) is 0 Å². The van der Waals surface area contributed by atoms with Gasteiger partial charge in [-0.05, 0) is 44.0 Å². The molecule has 102 valence electrons. The summed E-state index contributed by atoms with van der Waals surface area (Å²) in [5.41, 5.74) is 3.46. The van der Waals surface area contributed by atoms with Crippen LogP contribution in [0.5, 0.6) is 0 Å². The molecule has 0 atom stereocenters. The fourth-order valence-corrected chi connectivity index (χ4v) is 3.77. The lowest BCUT2D eigenvalue weighted by Crippen LogP contribution is -2.25. The highest BCUT2D eigenvalue weighted by atomic mass is 32.2. The summed E-state index contributed by atoms with van der Waals surface area (Å²) in [5.74, 6) is 0. The van der Waals surface area contributed by atoms with Crippen molar-refractivity contribution in [2.75, 3.05) is 0 Å². The van der Waals surface area contributed by atoms with Gasteiger partial charge in [-0.15, -0.1) is 0 Å². The van der Waals surface area contributed by atoms with E-state index in [0.29, 0.717) is 4.90 Å². The van der Waals surface area contributed by atoms with Crippen molar-refractivity contribution in [3.05, 3.63) is 52.8 Å². The first-order chi connectivity index (χ1) is 8.90. The number of sulfonamides is 1. The van der Waals surface area contributed by atoms with Crippen molar-refractivity contribution >= 4 is 10.0 Å². The molecule has 2 rings (SSSR count). The van der Waals surface area contributed by atoms with Crippen LogP contribution in [0.15, 0.2) is 35.4 Å². The largest absolute Gasteiger partial charge is 0.364 e. The van der Waals surface area contributed by atoms with Crippen molar-refractivity contribution in [1.29, 1.82) is 0 Å². The van der Waals surface area contributed by atoms with E-state index in [1.807, 2.05) is 45.0 Å². The predicted octanol–water partition coefficient (Wildman–Crippen LogP) is 2.42. The number of aryl methyl sites for hydroxylation is 3. The quantitative estimate of drug-likeness (QED) is 0.902. The summed E-state index contributed by atoms with van der Waals surface area (Å²) in [6.45, 7) is 5.87. The van der Waals surface area contributed by atoms with Crippen LogP contribution in [0, 0.1) is 20.8 Å². The Balaban J connectivity index is 2.29. The third-order valence-corrected chi connectivity index (χ3v) is 4.69. The molecule has 1 heterocycles. The van der Waals surface area contributed by atoms with E-state index in [1.54, 1.807) is 6.20 Å². The summed E-state index contributed by atoms with van der Waals surface area (Å²) in [6.07, 6.45) is 1.77. The van der Waals surface area contributed by atoms with E-state index in [9.17, 15) is 8.42 Å². The highest BCUT2D eigenvalue weighted by Gasteiger charge is 2.19. The van der Waals surface area contributed by atoms with Crippen molar-refractivity contribution in [2.45, 2.75) is 32.2 Å². The van der Waals surface area contributed by atoms with E-state index in [-0.39, 0.29) is 6.54 Å². The minimum Gasteiger partial charge on any atom is -0.364 e. The fraction of sp³-hybridized carbons (Fsp3) is 0.286. The summed E-state index contributed by atoms with van der Waals surface area (Å²) in [4.78, 5) is 3.35. The summed E-state index contributed by atoms with van der Waals surface area (Å²) in [7, 11) is -3.48. The lowest BCUT2D eigenvalue weighted by molar-refractivity contribution is 0.579. The molecular formula is C14H18N2O2S. The molecule has 0 radical (unpaired) electrons. The normalized spacial score (nSPS) is 11.7. The Labute approximate surface area is 113 Å². The highest BCUT2D eigenvalue weighted by Crippen LogP contribution is 2.21. The number of hydrogen-bond donors (Lipinski definition) is 2. The lowest BCUT2D eigenvalue weighted by Gasteiger charge is -2.12. The summed E-state index contributed by atoms with van der Waals surface area (Å²) >= 11 is 0. The molecule has 0 aliphatic carbocycles. The second kappa shape index (κ2) is 5.19. The molecular weight excluding hydrogens is 260 g/mol. The monoisotopic (exact) mass is 278 g/mol. The molecule has 0 bridgehead atoms. The Morgan fingerprint density at radius 3 is 2.32 bits per heavy atom. The van der Waals surface area contributed by atoms with Crippen LogP contribution in [0.3, 0.4) is 0 Å². The third kappa shape index (κ3) is 3.05. The van der Waals surface area contributed by atoms with Crippen LogP contribution >= 0.6 is 0 Å². The summed E-state index contributed by atoms with van der Waals surface area (Å²) in [6, 6.07) is 7.45. The Bertz CT molecular complexity index is 650. The molecule has 0 amide bonds. The number of aromatic nitrogens is 1. The van der Waals surface area contributed by atoms with Crippen LogP contribution in [0.25, 0.3) is 0 Å². The molecule has 5 heteroatoms. The maximum absolute atomic E-state index is 12.4. The lowest BCUT2D eigenvalue weighted by atomic mass is 10.1. The van der Waals surface area contributed by atoms with Gasteiger partial charge in [0, 0.05) is 11.9 Å². The molecule has 1 aromatic carbocycles. The van der Waals surface area contributed by atoms with Gasteiger partial charge in [-0.1, -0.05) is 17.7 Å². The Kier molecular flexibility index (Phi) is 3.78. The smallest absolute Gasteiger partial charge is 0.241 e. The van der Waals surface area contributed by atoms with Crippen molar-refractivity contribution < 1.29 is 8.42 Å². The van der Waals surface area contributed by atoms with Gasteiger partial charge < -0.3 is 4.98 Å². The average Bonchev–Trinajstić information content (AvgIpc) is 2.77. The molecule has 0 aliphatic rings. The maximum atomic E-state index is 12.4. The molecule has 0 spiro atoms. The number of H-pyrrole nitrogens is 1. The van der Waals surface area contributed by atoms with E-state index in [4.69, 9.17) is 0 Å². The van der Waals surface area contributed by atoms with Crippen LogP contribution in [0.1, 0.15) is 22.4 Å². The Morgan fingerprint density at radius 2 is 1.79 bits per heavy atom. The van der Waals surface area contributed by atoms with Gasteiger partial charge in [-0.3, -0.25) is 0 Å². The van der Waals surface area contributed by atoms with Gasteiger partial charge in [0.25, 0.3) is 0 Å². The topological polar surface area (TPSA) is 62.0 Å². The van der Waals surface area contributed by atoms with Crippen molar-refractivity contribution in [3.63, 3.8) is 0 Å². The molecule has 2 N–H and O–H groups in total. The zero-order valence-electron chi connectivity index (χ0n) is 11.3. The molecule has 4 nitrogen and oxygen atoms in total. The maximum Gasteiger partial charge on any atom is 0.241 e. The summed E-state index contributed by atoms with van der Waals surface area (Å²) < 4.78 is 27.3. The first-order valence-corrected chi connectivity index (χ1v) is 7.58. The van der Waals surface area contributed by atoms with E-state index >= 15 is 0 Å². The number of nitrogens with one attached hydrogen (secondary N) is 2. The second-order valence-electron chi connectivity index (χ2n) is 4.75. The molecule has 0 saturated carbocycles. The zero-order valence-corrected chi connectivity index (χ0v) is 12.1. The van der Waals surface area contributed by atoms with Gasteiger partial charge in [-0.25, -0.2) is 13.1 Å². The Hall–Kier alpha value is -1.59. The Morgan fingerprint density at radius 1 is 1.16 bits per heavy atom. The van der Waals surface area contributed by atoms with Gasteiger partial charge in [0.15, 0.2) is 0 Å². The van der Waals surface area contributed by atoms with Crippen LogP contribution in [-0.4, -0.2) is 13.4 Å². The van der Waals surface area contributed by atoms with Crippen molar-refractivity contribution in [2.24, 2.45) is 0 Å². The first-order valence-electron chi connectivity index (χ1n) is 6.10. The number of rotatable bonds is 4. The SMILES string of the molecule is Cc1cc(C)c(S(=O)(=O)NCc2ccc[nH]2)c(C)c1. The van der Waals surface area contributed by atoms with Crippen LogP contribution in [0.2, 0.25) is 0 Å². The molecule has 0 aliphatic heterocycles. The minimum atomic E-state index is -3.48. The van der Waals surface area contributed by atoms with Crippen molar-refractivity contribution in [1.82, 2.24) is 9.71 Å².